The van der Waals surface area contributed by atoms with Crippen LogP contribution in [0.25, 0.3) is 0 Å². The van der Waals surface area contributed by atoms with Gasteiger partial charge < -0.3 is 4.90 Å². The van der Waals surface area contributed by atoms with Gasteiger partial charge in [0.1, 0.15) is 5.56 Å². The zero-order valence-electron chi connectivity index (χ0n) is 14.6. The summed E-state index contributed by atoms with van der Waals surface area (Å²) in [5.74, 6) is -0.506. The molecule has 9 nitrogen and oxygen atoms in total. The predicted octanol–water partition coefficient (Wildman–Crippen LogP) is 1.59. The third kappa shape index (κ3) is 4.14. The Bertz CT molecular complexity index is 789. The van der Waals surface area contributed by atoms with Gasteiger partial charge >= 0.3 is 0 Å². The molecule has 1 heterocycles. The number of carbonyl (C=O) groups is 1. The standard InChI is InChI=1S/C15H21ClN4O5S/c1-3-18(4-2)26(24,25)19-9-7-17(8-10-19)15(21)13-6-5-12(16)11-14(13)20(22)23/h5-6,11H,3-4,7-10H2,1-2H3. The molecule has 0 aromatic heterocycles. The van der Waals surface area contributed by atoms with Crippen molar-refractivity contribution in [3.05, 3.63) is 38.9 Å². The van der Waals surface area contributed by atoms with Crippen molar-refractivity contribution in [3.8, 4) is 0 Å². The Labute approximate surface area is 157 Å². The molecule has 0 unspecified atom stereocenters. The third-order valence-corrected chi connectivity index (χ3v) is 6.69. The van der Waals surface area contributed by atoms with E-state index < -0.39 is 21.0 Å². The van der Waals surface area contributed by atoms with Crippen molar-refractivity contribution in [2.45, 2.75) is 13.8 Å². The highest BCUT2D eigenvalue weighted by atomic mass is 35.5. The second kappa shape index (κ2) is 8.30. The molecular formula is C15H21ClN4O5S. The van der Waals surface area contributed by atoms with Crippen LogP contribution in [0.5, 0.6) is 0 Å². The number of nitro benzene ring substituents is 1. The highest BCUT2D eigenvalue weighted by Gasteiger charge is 2.33. The van der Waals surface area contributed by atoms with Crippen molar-refractivity contribution < 1.29 is 18.1 Å². The summed E-state index contributed by atoms with van der Waals surface area (Å²) in [5, 5.41) is 11.3. The molecule has 2 rings (SSSR count). The average Bonchev–Trinajstić information content (AvgIpc) is 2.62. The lowest BCUT2D eigenvalue weighted by Gasteiger charge is -2.36. The number of nitrogens with zero attached hydrogens (tertiary/aromatic N) is 4. The van der Waals surface area contributed by atoms with Crippen LogP contribution in [-0.4, -0.2) is 72.0 Å². The molecular weight excluding hydrogens is 384 g/mol. The summed E-state index contributed by atoms with van der Waals surface area (Å²) in [7, 11) is -3.56. The number of halogens is 1. The Morgan fingerprint density at radius 1 is 1.23 bits per heavy atom. The van der Waals surface area contributed by atoms with Crippen LogP contribution in [0.4, 0.5) is 5.69 Å². The van der Waals surface area contributed by atoms with E-state index in [4.69, 9.17) is 11.6 Å². The van der Waals surface area contributed by atoms with Crippen LogP contribution in [0, 0.1) is 10.1 Å². The van der Waals surface area contributed by atoms with Crippen molar-refractivity contribution in [2.24, 2.45) is 0 Å². The summed E-state index contributed by atoms with van der Waals surface area (Å²) >= 11 is 5.77. The number of nitro groups is 1. The molecule has 1 aliphatic heterocycles. The van der Waals surface area contributed by atoms with Crippen molar-refractivity contribution >= 4 is 33.4 Å². The van der Waals surface area contributed by atoms with Gasteiger partial charge in [-0.3, -0.25) is 14.9 Å². The molecule has 1 aromatic rings. The first-order valence-electron chi connectivity index (χ1n) is 8.20. The Morgan fingerprint density at radius 3 is 2.31 bits per heavy atom. The number of rotatable bonds is 6. The molecule has 0 N–H and O–H groups in total. The van der Waals surface area contributed by atoms with E-state index in [0.29, 0.717) is 13.1 Å². The SMILES string of the molecule is CCN(CC)S(=O)(=O)N1CCN(C(=O)c2ccc(Cl)cc2[N+](=O)[O-])CC1. The quantitative estimate of drug-likeness (QED) is 0.529. The average molecular weight is 405 g/mol. The topological polar surface area (TPSA) is 104 Å². The van der Waals surface area contributed by atoms with Crippen molar-refractivity contribution in [2.75, 3.05) is 39.3 Å². The van der Waals surface area contributed by atoms with E-state index in [2.05, 4.69) is 0 Å². The molecule has 144 valence electrons. The van der Waals surface area contributed by atoms with Gasteiger partial charge in [-0.2, -0.15) is 17.0 Å². The number of carbonyl (C=O) groups excluding carboxylic acids is 1. The second-order valence-corrected chi connectivity index (χ2v) is 8.07. The first-order chi connectivity index (χ1) is 12.2. The van der Waals surface area contributed by atoms with Gasteiger partial charge in [-0.15, -0.1) is 0 Å². The van der Waals surface area contributed by atoms with E-state index in [-0.39, 0.29) is 42.5 Å². The van der Waals surface area contributed by atoms with Gasteiger partial charge in [0.05, 0.1) is 4.92 Å². The molecule has 1 aromatic carbocycles. The van der Waals surface area contributed by atoms with Gasteiger partial charge in [-0.25, -0.2) is 0 Å². The predicted molar refractivity (Wildman–Crippen MR) is 97.4 cm³/mol. The summed E-state index contributed by atoms with van der Waals surface area (Å²) in [6.45, 7) is 4.89. The zero-order valence-corrected chi connectivity index (χ0v) is 16.2. The fourth-order valence-electron chi connectivity index (χ4n) is 2.84. The van der Waals surface area contributed by atoms with Crippen LogP contribution in [0.3, 0.4) is 0 Å². The molecule has 0 saturated carbocycles. The van der Waals surface area contributed by atoms with E-state index in [9.17, 15) is 23.3 Å². The number of benzene rings is 1. The zero-order chi connectivity index (χ0) is 19.5. The second-order valence-electron chi connectivity index (χ2n) is 5.70. The van der Waals surface area contributed by atoms with Gasteiger partial charge in [0.15, 0.2) is 0 Å². The van der Waals surface area contributed by atoms with E-state index in [0.717, 1.165) is 6.07 Å². The molecule has 0 radical (unpaired) electrons. The summed E-state index contributed by atoms with van der Waals surface area (Å²) in [6, 6.07) is 3.88. The molecule has 1 fully saturated rings. The highest BCUT2D eigenvalue weighted by Crippen LogP contribution is 2.25. The monoisotopic (exact) mass is 404 g/mol. The van der Waals surface area contributed by atoms with Crippen LogP contribution in [0.2, 0.25) is 5.02 Å². The molecule has 0 atom stereocenters. The number of amides is 1. The van der Waals surface area contributed by atoms with Crippen molar-refractivity contribution in [1.29, 1.82) is 0 Å². The Morgan fingerprint density at radius 2 is 1.81 bits per heavy atom. The van der Waals surface area contributed by atoms with Crippen LogP contribution in [-0.2, 0) is 10.2 Å². The lowest BCUT2D eigenvalue weighted by molar-refractivity contribution is -0.385. The number of hydrogen-bond donors (Lipinski definition) is 0. The fraction of sp³-hybridized carbons (Fsp3) is 0.533. The third-order valence-electron chi connectivity index (χ3n) is 4.27. The minimum Gasteiger partial charge on any atom is -0.336 e. The summed E-state index contributed by atoms with van der Waals surface area (Å²) in [4.78, 5) is 24.6. The summed E-state index contributed by atoms with van der Waals surface area (Å²) in [6.07, 6.45) is 0. The van der Waals surface area contributed by atoms with Crippen molar-refractivity contribution in [1.82, 2.24) is 13.5 Å². The van der Waals surface area contributed by atoms with E-state index in [1.807, 2.05) is 0 Å². The van der Waals surface area contributed by atoms with E-state index in [1.165, 1.54) is 25.6 Å². The molecule has 0 aliphatic carbocycles. The largest absolute Gasteiger partial charge is 0.336 e. The van der Waals surface area contributed by atoms with Gasteiger partial charge in [-0.1, -0.05) is 25.4 Å². The van der Waals surface area contributed by atoms with Gasteiger partial charge in [0, 0.05) is 50.4 Å². The molecule has 0 spiro atoms. The molecule has 1 aliphatic rings. The molecule has 0 bridgehead atoms. The first kappa shape index (κ1) is 20.6. The first-order valence-corrected chi connectivity index (χ1v) is 9.98. The number of hydrogen-bond acceptors (Lipinski definition) is 5. The normalized spacial score (nSPS) is 16.1. The summed E-state index contributed by atoms with van der Waals surface area (Å²) < 4.78 is 27.7. The Balaban J connectivity index is 2.14. The maximum absolute atomic E-state index is 12.6. The lowest BCUT2D eigenvalue weighted by Crippen LogP contribution is -2.54. The molecule has 11 heteroatoms. The van der Waals surface area contributed by atoms with Gasteiger partial charge in [0.25, 0.3) is 21.8 Å². The number of piperazine rings is 1. The highest BCUT2D eigenvalue weighted by molar-refractivity contribution is 7.86. The molecule has 1 amide bonds. The van der Waals surface area contributed by atoms with E-state index in [1.54, 1.807) is 13.8 Å². The Hall–Kier alpha value is -1.75. The van der Waals surface area contributed by atoms with Crippen molar-refractivity contribution in [3.63, 3.8) is 0 Å². The molecule has 1 saturated heterocycles. The smallest absolute Gasteiger partial charge is 0.283 e. The van der Waals surface area contributed by atoms with Crippen LogP contribution in [0.1, 0.15) is 24.2 Å². The minimum atomic E-state index is -3.56. The maximum Gasteiger partial charge on any atom is 0.283 e. The van der Waals surface area contributed by atoms with E-state index >= 15 is 0 Å². The van der Waals surface area contributed by atoms with Crippen LogP contribution >= 0.6 is 11.6 Å². The maximum atomic E-state index is 12.6. The molecule has 26 heavy (non-hydrogen) atoms. The van der Waals surface area contributed by atoms with Gasteiger partial charge in [0.2, 0.25) is 0 Å². The Kier molecular flexibility index (Phi) is 6.56. The minimum absolute atomic E-state index is 0.0561. The fourth-order valence-corrected chi connectivity index (χ4v) is 4.61. The summed E-state index contributed by atoms with van der Waals surface area (Å²) in [5.41, 5.74) is -0.417. The van der Waals surface area contributed by atoms with Crippen LogP contribution < -0.4 is 0 Å². The van der Waals surface area contributed by atoms with Crippen LogP contribution in [0.15, 0.2) is 18.2 Å². The van der Waals surface area contributed by atoms with Gasteiger partial charge in [-0.05, 0) is 12.1 Å². The lowest BCUT2D eigenvalue weighted by atomic mass is 10.1.